The number of rotatable bonds is 8. The molecule has 3 rings (SSSR count). The van der Waals surface area contributed by atoms with Gasteiger partial charge < -0.3 is 20.3 Å². The molecule has 0 radical (unpaired) electrons. The largest absolute Gasteiger partial charge is 0.505 e. The molecule has 1 amide bonds. The van der Waals surface area contributed by atoms with Gasteiger partial charge in [-0.05, 0) is 49.9 Å². The third-order valence-electron chi connectivity index (χ3n) is 4.62. The van der Waals surface area contributed by atoms with Gasteiger partial charge in [0.1, 0.15) is 5.75 Å². The molecule has 1 aliphatic rings. The molecule has 1 heterocycles. The Kier molecular flexibility index (Phi) is 5.65. The number of carbonyl (C=O) groups is 2. The van der Waals surface area contributed by atoms with E-state index in [0.717, 1.165) is 24.0 Å². The Bertz CT molecular complexity index is 890. The van der Waals surface area contributed by atoms with Gasteiger partial charge in [-0.15, -0.1) is 0 Å². The van der Waals surface area contributed by atoms with Gasteiger partial charge in [0.05, 0.1) is 18.1 Å². The van der Waals surface area contributed by atoms with E-state index in [1.807, 2.05) is 24.3 Å². The maximum absolute atomic E-state index is 12.2. The number of hydrogen-bond acceptors (Lipinski definition) is 5. The summed E-state index contributed by atoms with van der Waals surface area (Å²) in [7, 11) is 0. The van der Waals surface area contributed by atoms with Crippen LogP contribution in [-0.4, -0.2) is 39.7 Å². The number of amides is 1. The number of hydrogen-bond donors (Lipinski definition) is 3. The Morgan fingerprint density at radius 2 is 2.00 bits per heavy atom. The second-order valence-electron chi connectivity index (χ2n) is 7.67. The summed E-state index contributed by atoms with van der Waals surface area (Å²) in [6.45, 7) is 3.47. The first kappa shape index (κ1) is 19.8. The third-order valence-corrected chi connectivity index (χ3v) is 4.62. The van der Waals surface area contributed by atoms with Crippen molar-refractivity contribution in [2.45, 2.75) is 39.4 Å². The fourth-order valence-corrected chi connectivity index (χ4v) is 2.54. The van der Waals surface area contributed by atoms with Crippen molar-refractivity contribution in [3.63, 3.8) is 0 Å². The van der Waals surface area contributed by atoms with Crippen LogP contribution in [-0.2, 0) is 16.1 Å². The molecular weight excluding hydrogens is 360 g/mol. The highest BCUT2D eigenvalue weighted by atomic mass is 16.5. The maximum Gasteiger partial charge on any atom is 0.310 e. The summed E-state index contributed by atoms with van der Waals surface area (Å²) in [6.07, 6.45) is 4.12. The molecule has 28 heavy (non-hydrogen) atoms. The van der Waals surface area contributed by atoms with Crippen LogP contribution in [0.1, 0.15) is 42.7 Å². The first-order valence-electron chi connectivity index (χ1n) is 9.18. The minimum Gasteiger partial charge on any atom is -0.505 e. The van der Waals surface area contributed by atoms with E-state index in [1.54, 1.807) is 0 Å². The van der Waals surface area contributed by atoms with Crippen molar-refractivity contribution in [1.29, 1.82) is 0 Å². The fourth-order valence-electron chi connectivity index (χ4n) is 2.54. The Balaban J connectivity index is 1.70. The van der Waals surface area contributed by atoms with Crippen LogP contribution in [0.5, 0.6) is 5.75 Å². The molecule has 3 N–H and O–H groups in total. The van der Waals surface area contributed by atoms with Gasteiger partial charge in [-0.3, -0.25) is 9.59 Å². The van der Waals surface area contributed by atoms with E-state index >= 15 is 0 Å². The number of carbonyl (C=O) groups excluding carboxylic acids is 1. The van der Waals surface area contributed by atoms with Crippen LogP contribution in [0.2, 0.25) is 0 Å². The Morgan fingerprint density at radius 3 is 2.64 bits per heavy atom. The molecule has 2 aromatic rings. The number of carboxylic acids is 1. The van der Waals surface area contributed by atoms with Gasteiger partial charge in [0.25, 0.3) is 5.91 Å². The summed E-state index contributed by atoms with van der Waals surface area (Å²) < 4.78 is 5.72. The van der Waals surface area contributed by atoms with Crippen molar-refractivity contribution in [3.8, 4) is 16.9 Å². The highest BCUT2D eigenvalue weighted by molar-refractivity contribution is 5.95. The molecule has 7 nitrogen and oxygen atoms in total. The molecule has 0 aliphatic heterocycles. The predicted molar refractivity (Wildman–Crippen MR) is 103 cm³/mol. The van der Waals surface area contributed by atoms with Crippen molar-refractivity contribution in [2.75, 3.05) is 6.54 Å². The number of nitrogens with zero attached hydrogens (tertiary/aromatic N) is 1. The molecule has 7 heteroatoms. The molecular formula is C21H24N2O5. The zero-order chi connectivity index (χ0) is 20.3. The van der Waals surface area contributed by atoms with Crippen LogP contribution in [0, 0.1) is 5.41 Å². The fraction of sp³-hybridized carbons (Fsp3) is 0.381. The average molecular weight is 384 g/mol. The molecule has 0 unspecified atom stereocenters. The van der Waals surface area contributed by atoms with Crippen LogP contribution < -0.4 is 5.32 Å². The minimum absolute atomic E-state index is 0.0763. The Hall–Kier alpha value is -2.93. The molecule has 1 aliphatic carbocycles. The van der Waals surface area contributed by atoms with E-state index in [2.05, 4.69) is 10.3 Å². The molecule has 0 atom stereocenters. The quantitative estimate of drug-likeness (QED) is 0.646. The molecule has 1 aromatic carbocycles. The smallest absolute Gasteiger partial charge is 0.310 e. The summed E-state index contributed by atoms with van der Waals surface area (Å²) in [5.74, 6) is -1.90. The number of carboxylic acid groups (broad SMARTS) is 1. The van der Waals surface area contributed by atoms with Crippen molar-refractivity contribution in [2.24, 2.45) is 5.41 Å². The second kappa shape index (κ2) is 7.98. The maximum atomic E-state index is 12.2. The summed E-state index contributed by atoms with van der Waals surface area (Å²) in [6, 6.07) is 9.23. The highest BCUT2D eigenvalue weighted by Gasteiger charge is 2.28. The molecule has 0 saturated heterocycles. The lowest BCUT2D eigenvalue weighted by atomic mass is 9.94. The van der Waals surface area contributed by atoms with Crippen LogP contribution in [0.4, 0.5) is 0 Å². The number of pyridine rings is 1. The minimum atomic E-state index is -1.12. The monoisotopic (exact) mass is 384 g/mol. The Labute approximate surface area is 163 Å². The number of nitrogens with one attached hydrogen (secondary N) is 1. The van der Waals surface area contributed by atoms with Gasteiger partial charge in [0, 0.05) is 18.3 Å². The predicted octanol–water partition coefficient (Wildman–Crippen LogP) is 2.97. The van der Waals surface area contributed by atoms with Crippen LogP contribution in [0.3, 0.4) is 0 Å². The topological polar surface area (TPSA) is 109 Å². The average Bonchev–Trinajstić information content (AvgIpc) is 3.49. The summed E-state index contributed by atoms with van der Waals surface area (Å²) in [5.41, 5.74) is 1.31. The number of benzene rings is 1. The Morgan fingerprint density at radius 1 is 1.25 bits per heavy atom. The van der Waals surface area contributed by atoms with Crippen molar-refractivity contribution >= 4 is 11.9 Å². The first-order chi connectivity index (χ1) is 13.3. The number of ether oxygens (including phenoxy) is 1. The third kappa shape index (κ3) is 4.86. The van der Waals surface area contributed by atoms with Crippen LogP contribution >= 0.6 is 0 Å². The number of aromatic nitrogens is 1. The lowest BCUT2D eigenvalue weighted by Gasteiger charge is -2.19. The highest BCUT2D eigenvalue weighted by Crippen LogP contribution is 2.28. The summed E-state index contributed by atoms with van der Waals surface area (Å²) >= 11 is 0. The first-order valence-corrected chi connectivity index (χ1v) is 9.18. The zero-order valence-electron chi connectivity index (χ0n) is 15.9. The molecule has 0 bridgehead atoms. The molecule has 1 aromatic heterocycles. The van der Waals surface area contributed by atoms with E-state index in [4.69, 9.17) is 9.84 Å². The van der Waals surface area contributed by atoms with Gasteiger partial charge in [-0.25, -0.2) is 4.98 Å². The lowest BCUT2D eigenvalue weighted by Crippen LogP contribution is -2.39. The van der Waals surface area contributed by atoms with E-state index in [1.165, 1.54) is 26.1 Å². The van der Waals surface area contributed by atoms with Crippen molar-refractivity contribution in [3.05, 3.63) is 47.8 Å². The zero-order valence-corrected chi connectivity index (χ0v) is 15.9. The van der Waals surface area contributed by atoms with Crippen LogP contribution in [0.15, 0.2) is 36.5 Å². The summed E-state index contributed by atoms with van der Waals surface area (Å²) in [5, 5.41) is 21.9. The summed E-state index contributed by atoms with van der Waals surface area (Å²) in [4.78, 5) is 27.4. The molecule has 0 spiro atoms. The second-order valence-corrected chi connectivity index (χ2v) is 7.67. The van der Waals surface area contributed by atoms with E-state index in [-0.39, 0.29) is 18.0 Å². The van der Waals surface area contributed by atoms with Gasteiger partial charge in [-0.2, -0.15) is 0 Å². The number of aromatic hydroxyl groups is 1. The van der Waals surface area contributed by atoms with Gasteiger partial charge in [0.2, 0.25) is 0 Å². The number of aliphatic carboxylic acids is 1. The van der Waals surface area contributed by atoms with Gasteiger partial charge in [-0.1, -0.05) is 18.2 Å². The van der Waals surface area contributed by atoms with E-state index in [0.29, 0.717) is 18.3 Å². The van der Waals surface area contributed by atoms with E-state index < -0.39 is 17.3 Å². The van der Waals surface area contributed by atoms with E-state index in [9.17, 15) is 14.7 Å². The standard InChI is InChI=1S/C21H24N2O5/c1-21(2,20(26)27)12-23-19(25)18-17(24)9-15(10-22-18)14-5-3-4-13(8-14)11-28-16-6-7-16/h3-5,8-10,16,24H,6-7,11-12H2,1-2H3,(H,23,25)(H,26,27). The SMILES string of the molecule is CC(C)(CNC(=O)c1ncc(-c2cccc(COC3CC3)c2)cc1O)C(=O)O. The molecule has 148 valence electrons. The lowest BCUT2D eigenvalue weighted by molar-refractivity contribution is -0.146. The van der Waals surface area contributed by atoms with Crippen molar-refractivity contribution in [1.82, 2.24) is 10.3 Å². The normalized spacial score (nSPS) is 13.9. The molecule has 1 fully saturated rings. The molecule has 1 saturated carbocycles. The van der Waals surface area contributed by atoms with Crippen molar-refractivity contribution < 1.29 is 24.5 Å². The van der Waals surface area contributed by atoms with Crippen LogP contribution in [0.25, 0.3) is 11.1 Å². The van der Waals surface area contributed by atoms with Gasteiger partial charge in [0.15, 0.2) is 5.69 Å². The van der Waals surface area contributed by atoms with Gasteiger partial charge >= 0.3 is 5.97 Å².